The second kappa shape index (κ2) is 5.47. The SMILES string of the molecule is CC(C)C1CCN(S(=O)(=O)C(C)CN)CC1. The van der Waals surface area contributed by atoms with Gasteiger partial charge in [0.05, 0.1) is 5.25 Å². The van der Waals surface area contributed by atoms with Gasteiger partial charge in [-0.05, 0) is 31.6 Å². The minimum Gasteiger partial charge on any atom is -0.329 e. The molecule has 0 aromatic heterocycles. The first-order chi connectivity index (χ1) is 7.39. The van der Waals surface area contributed by atoms with E-state index in [1.54, 1.807) is 11.2 Å². The summed E-state index contributed by atoms with van der Waals surface area (Å²) in [5.74, 6) is 1.32. The summed E-state index contributed by atoms with van der Waals surface area (Å²) in [5, 5.41) is -0.455. The molecule has 0 aromatic rings. The average Bonchev–Trinajstić information content (AvgIpc) is 2.28. The molecule has 1 unspecified atom stereocenters. The number of hydrogen-bond acceptors (Lipinski definition) is 3. The van der Waals surface area contributed by atoms with Crippen LogP contribution in [-0.2, 0) is 10.0 Å². The Balaban J connectivity index is 2.60. The molecule has 0 amide bonds. The van der Waals surface area contributed by atoms with Gasteiger partial charge in [0.1, 0.15) is 0 Å². The first-order valence-corrected chi connectivity index (χ1v) is 7.59. The van der Waals surface area contributed by atoms with Crippen molar-refractivity contribution in [2.24, 2.45) is 17.6 Å². The van der Waals surface area contributed by atoms with Gasteiger partial charge < -0.3 is 5.73 Å². The summed E-state index contributed by atoms with van der Waals surface area (Å²) in [7, 11) is -3.15. The van der Waals surface area contributed by atoms with E-state index in [0.29, 0.717) is 24.9 Å². The van der Waals surface area contributed by atoms with Crippen molar-refractivity contribution in [3.63, 3.8) is 0 Å². The summed E-state index contributed by atoms with van der Waals surface area (Å²) in [5.41, 5.74) is 5.43. The summed E-state index contributed by atoms with van der Waals surface area (Å²) in [4.78, 5) is 0. The average molecular weight is 248 g/mol. The van der Waals surface area contributed by atoms with Gasteiger partial charge in [0, 0.05) is 19.6 Å². The van der Waals surface area contributed by atoms with Gasteiger partial charge in [-0.3, -0.25) is 0 Å². The van der Waals surface area contributed by atoms with Crippen molar-refractivity contribution in [1.82, 2.24) is 4.31 Å². The number of nitrogens with two attached hydrogens (primary N) is 1. The van der Waals surface area contributed by atoms with E-state index in [-0.39, 0.29) is 6.54 Å². The monoisotopic (exact) mass is 248 g/mol. The summed E-state index contributed by atoms with van der Waals surface area (Å²) < 4.78 is 25.7. The Kier molecular flexibility index (Phi) is 4.76. The standard InChI is InChI=1S/C11H24N2O2S/c1-9(2)11-4-6-13(7-5-11)16(14,15)10(3)8-12/h9-11H,4-8,12H2,1-3H3. The number of hydrogen-bond donors (Lipinski definition) is 1. The van der Waals surface area contributed by atoms with E-state index in [2.05, 4.69) is 13.8 Å². The molecule has 2 N–H and O–H groups in total. The molecule has 16 heavy (non-hydrogen) atoms. The molecule has 0 spiro atoms. The van der Waals surface area contributed by atoms with Crippen molar-refractivity contribution in [2.45, 2.75) is 38.9 Å². The van der Waals surface area contributed by atoms with Crippen molar-refractivity contribution in [3.8, 4) is 0 Å². The molecule has 4 nitrogen and oxygen atoms in total. The highest BCUT2D eigenvalue weighted by Gasteiger charge is 2.32. The second-order valence-electron chi connectivity index (χ2n) is 5.07. The van der Waals surface area contributed by atoms with Crippen LogP contribution in [0.3, 0.4) is 0 Å². The lowest BCUT2D eigenvalue weighted by molar-refractivity contribution is 0.225. The highest BCUT2D eigenvalue weighted by Crippen LogP contribution is 2.26. The first-order valence-electron chi connectivity index (χ1n) is 6.08. The van der Waals surface area contributed by atoms with Gasteiger partial charge in [0.25, 0.3) is 0 Å². The maximum atomic E-state index is 12.0. The van der Waals surface area contributed by atoms with Crippen molar-refractivity contribution in [3.05, 3.63) is 0 Å². The molecule has 1 aliphatic rings. The lowest BCUT2D eigenvalue weighted by atomic mass is 9.87. The first kappa shape index (κ1) is 13.9. The number of nitrogens with zero attached hydrogens (tertiary/aromatic N) is 1. The van der Waals surface area contributed by atoms with E-state index in [4.69, 9.17) is 5.73 Å². The molecule has 0 radical (unpaired) electrons. The molecule has 0 bridgehead atoms. The Morgan fingerprint density at radius 1 is 1.25 bits per heavy atom. The molecular formula is C11H24N2O2S. The van der Waals surface area contributed by atoms with Crippen molar-refractivity contribution >= 4 is 10.0 Å². The van der Waals surface area contributed by atoms with E-state index in [0.717, 1.165) is 12.8 Å². The molecule has 0 aliphatic carbocycles. The third-order valence-electron chi connectivity index (χ3n) is 3.64. The zero-order chi connectivity index (χ0) is 12.3. The van der Waals surface area contributed by atoms with Gasteiger partial charge in [0.15, 0.2) is 0 Å². The normalized spacial score (nSPS) is 22.6. The van der Waals surface area contributed by atoms with Gasteiger partial charge >= 0.3 is 0 Å². The molecule has 1 heterocycles. The van der Waals surface area contributed by atoms with Crippen LogP contribution in [0, 0.1) is 11.8 Å². The predicted octanol–water partition coefficient (Wildman–Crippen LogP) is 1.03. The van der Waals surface area contributed by atoms with Gasteiger partial charge in [-0.15, -0.1) is 0 Å². The molecule has 1 atom stereocenters. The molecule has 0 saturated carbocycles. The predicted molar refractivity (Wildman–Crippen MR) is 66.6 cm³/mol. The van der Waals surface area contributed by atoms with Gasteiger partial charge in [-0.25, -0.2) is 12.7 Å². The zero-order valence-electron chi connectivity index (χ0n) is 10.5. The number of rotatable bonds is 4. The van der Waals surface area contributed by atoms with Crippen LogP contribution in [0.1, 0.15) is 33.6 Å². The van der Waals surface area contributed by atoms with Gasteiger partial charge in [-0.2, -0.15) is 0 Å². The van der Waals surface area contributed by atoms with Crippen LogP contribution < -0.4 is 5.73 Å². The molecule has 0 aromatic carbocycles. The van der Waals surface area contributed by atoms with Gasteiger partial charge in [-0.1, -0.05) is 13.8 Å². The summed E-state index contributed by atoms with van der Waals surface area (Å²) in [6, 6.07) is 0. The fraction of sp³-hybridized carbons (Fsp3) is 1.00. The van der Waals surface area contributed by atoms with Crippen LogP contribution in [0.5, 0.6) is 0 Å². The van der Waals surface area contributed by atoms with Crippen molar-refractivity contribution in [2.75, 3.05) is 19.6 Å². The molecule has 1 rings (SSSR count). The van der Waals surface area contributed by atoms with Crippen molar-refractivity contribution in [1.29, 1.82) is 0 Å². The largest absolute Gasteiger partial charge is 0.329 e. The van der Waals surface area contributed by atoms with E-state index in [1.165, 1.54) is 0 Å². The van der Waals surface area contributed by atoms with Crippen LogP contribution >= 0.6 is 0 Å². The van der Waals surface area contributed by atoms with Crippen LogP contribution in [0.15, 0.2) is 0 Å². The summed E-state index contributed by atoms with van der Waals surface area (Å²) in [6.45, 7) is 7.62. The van der Waals surface area contributed by atoms with Crippen LogP contribution in [0.2, 0.25) is 0 Å². The lowest BCUT2D eigenvalue weighted by Crippen LogP contribution is -2.45. The maximum absolute atomic E-state index is 12.0. The molecular weight excluding hydrogens is 224 g/mol. The molecule has 1 aliphatic heterocycles. The fourth-order valence-electron chi connectivity index (χ4n) is 2.17. The smallest absolute Gasteiger partial charge is 0.217 e. The Bertz CT molecular complexity index is 306. The lowest BCUT2D eigenvalue weighted by Gasteiger charge is -2.34. The Morgan fingerprint density at radius 3 is 2.12 bits per heavy atom. The van der Waals surface area contributed by atoms with E-state index >= 15 is 0 Å². The van der Waals surface area contributed by atoms with Crippen molar-refractivity contribution < 1.29 is 8.42 Å². The Morgan fingerprint density at radius 2 is 1.75 bits per heavy atom. The van der Waals surface area contributed by atoms with E-state index in [9.17, 15) is 8.42 Å². The Labute approximate surface area is 99.2 Å². The third-order valence-corrected chi connectivity index (χ3v) is 5.94. The molecule has 5 heteroatoms. The highest BCUT2D eigenvalue weighted by atomic mass is 32.2. The minimum absolute atomic E-state index is 0.201. The maximum Gasteiger partial charge on any atom is 0.217 e. The third kappa shape index (κ3) is 2.96. The highest BCUT2D eigenvalue weighted by molar-refractivity contribution is 7.89. The van der Waals surface area contributed by atoms with Crippen LogP contribution in [0.25, 0.3) is 0 Å². The molecule has 1 fully saturated rings. The second-order valence-corrected chi connectivity index (χ2v) is 7.42. The van der Waals surface area contributed by atoms with E-state index < -0.39 is 15.3 Å². The fourth-order valence-corrected chi connectivity index (χ4v) is 3.64. The molecule has 96 valence electrons. The Hall–Kier alpha value is -0.130. The minimum atomic E-state index is -3.15. The van der Waals surface area contributed by atoms with Crippen LogP contribution in [0.4, 0.5) is 0 Å². The summed E-state index contributed by atoms with van der Waals surface area (Å²) in [6.07, 6.45) is 1.96. The zero-order valence-corrected chi connectivity index (χ0v) is 11.3. The van der Waals surface area contributed by atoms with Gasteiger partial charge in [0.2, 0.25) is 10.0 Å². The summed E-state index contributed by atoms with van der Waals surface area (Å²) >= 11 is 0. The topological polar surface area (TPSA) is 63.4 Å². The number of piperidine rings is 1. The quantitative estimate of drug-likeness (QED) is 0.808. The van der Waals surface area contributed by atoms with E-state index in [1.807, 2.05) is 0 Å². The number of sulfonamides is 1. The van der Waals surface area contributed by atoms with Crippen LogP contribution in [-0.4, -0.2) is 37.6 Å². The molecule has 1 saturated heterocycles.